The van der Waals surface area contributed by atoms with Crippen LogP contribution in [0.4, 0.5) is 0 Å². The van der Waals surface area contributed by atoms with Crippen molar-refractivity contribution in [1.29, 1.82) is 0 Å². The summed E-state index contributed by atoms with van der Waals surface area (Å²) in [6, 6.07) is 4.11. The molecule has 0 amide bonds. The van der Waals surface area contributed by atoms with Gasteiger partial charge in [-0.3, -0.25) is 0 Å². The minimum Gasteiger partial charge on any atom is -0.204 e. The third-order valence-electron chi connectivity index (χ3n) is 5.05. The van der Waals surface area contributed by atoms with Crippen LogP contribution in [0.2, 0.25) is 0 Å². The SMILES string of the molecule is [B][P+](C)(NS(=O)(=O)c1c(C(C)C)cc(C(C)C)cc1C(C)C)C(C)(C)C. The molecule has 0 heterocycles. The van der Waals surface area contributed by atoms with Gasteiger partial charge in [0.25, 0.3) is 10.0 Å². The van der Waals surface area contributed by atoms with Crippen molar-refractivity contribution >= 4 is 24.9 Å². The number of sulfonamides is 1. The first-order chi connectivity index (χ1) is 11.5. The smallest absolute Gasteiger partial charge is 0.204 e. The van der Waals surface area contributed by atoms with Crippen LogP contribution in [0.15, 0.2) is 17.0 Å². The molecule has 0 aliphatic rings. The van der Waals surface area contributed by atoms with Gasteiger partial charge in [0.1, 0.15) is 0 Å². The molecule has 3 nitrogen and oxygen atoms in total. The van der Waals surface area contributed by atoms with Gasteiger partial charge in [0, 0.05) is 7.29 Å². The first kappa shape index (κ1) is 23.7. The van der Waals surface area contributed by atoms with E-state index in [4.69, 9.17) is 7.57 Å². The van der Waals surface area contributed by atoms with Crippen LogP contribution < -0.4 is 4.49 Å². The third kappa shape index (κ3) is 5.11. The molecule has 0 fully saturated rings. The van der Waals surface area contributed by atoms with Crippen molar-refractivity contribution in [3.8, 4) is 0 Å². The topological polar surface area (TPSA) is 46.2 Å². The van der Waals surface area contributed by atoms with Crippen molar-refractivity contribution in [3.63, 3.8) is 0 Å². The van der Waals surface area contributed by atoms with E-state index in [2.05, 4.69) is 30.5 Å². The van der Waals surface area contributed by atoms with Crippen LogP contribution in [0.25, 0.3) is 0 Å². The van der Waals surface area contributed by atoms with Gasteiger partial charge < -0.3 is 0 Å². The van der Waals surface area contributed by atoms with Crippen molar-refractivity contribution in [2.75, 3.05) is 6.66 Å². The van der Waals surface area contributed by atoms with Crippen LogP contribution in [0.1, 0.15) is 96.8 Å². The Bertz CT molecular complexity index is 719. The average Bonchev–Trinajstić information content (AvgIpc) is 2.43. The van der Waals surface area contributed by atoms with Gasteiger partial charge >= 0.3 is 7.57 Å². The zero-order valence-corrected chi connectivity index (χ0v) is 19.8. The van der Waals surface area contributed by atoms with Gasteiger partial charge in [0.15, 0.2) is 0 Å². The highest BCUT2D eigenvalue weighted by molar-refractivity contribution is 8.07. The normalized spacial score (nSPS) is 15.7. The number of hydrogen-bond donors (Lipinski definition) is 1. The van der Waals surface area contributed by atoms with Crippen molar-refractivity contribution in [1.82, 2.24) is 4.49 Å². The molecule has 1 N–H and O–H groups in total. The van der Waals surface area contributed by atoms with Gasteiger partial charge in [0.2, 0.25) is 0 Å². The molecule has 1 aromatic carbocycles. The minimum atomic E-state index is -3.72. The Morgan fingerprint density at radius 2 is 1.31 bits per heavy atom. The van der Waals surface area contributed by atoms with Gasteiger partial charge in [-0.25, -0.2) is 8.42 Å². The van der Waals surface area contributed by atoms with Gasteiger partial charge in [0.05, 0.1) is 16.7 Å². The van der Waals surface area contributed by atoms with Crippen molar-refractivity contribution in [3.05, 3.63) is 28.8 Å². The van der Waals surface area contributed by atoms with Crippen molar-refractivity contribution in [2.45, 2.75) is 90.1 Å². The quantitative estimate of drug-likeness (QED) is 0.489. The summed E-state index contributed by atoms with van der Waals surface area (Å²) in [6.07, 6.45) is 0. The van der Waals surface area contributed by atoms with E-state index >= 15 is 0 Å². The minimum absolute atomic E-state index is 0.106. The molecule has 0 spiro atoms. The number of rotatable bonds is 6. The Kier molecular flexibility index (Phi) is 7.22. The molecule has 0 bridgehead atoms. The Morgan fingerprint density at radius 1 is 0.923 bits per heavy atom. The Morgan fingerprint density at radius 3 is 1.58 bits per heavy atom. The maximum atomic E-state index is 13.5. The molecule has 0 saturated heterocycles. The van der Waals surface area contributed by atoms with Crippen molar-refractivity contribution in [2.24, 2.45) is 0 Å². The highest BCUT2D eigenvalue weighted by Crippen LogP contribution is 2.59. The first-order valence-electron chi connectivity index (χ1n) is 9.38. The number of benzene rings is 1. The van der Waals surface area contributed by atoms with Gasteiger partial charge in [-0.1, -0.05) is 53.7 Å². The molecule has 0 aliphatic carbocycles. The molecule has 0 saturated carbocycles. The molecular formula is C20H36BNO2PS+. The molecule has 1 unspecified atom stereocenters. The third-order valence-corrected chi connectivity index (χ3v) is 11.3. The van der Waals surface area contributed by atoms with Crippen LogP contribution in [-0.2, 0) is 10.0 Å². The molecule has 1 atom stereocenters. The van der Waals surface area contributed by atoms with Gasteiger partial charge in [-0.2, -0.15) is 0 Å². The summed E-state index contributed by atoms with van der Waals surface area (Å²) in [4.78, 5) is 0.424. The fourth-order valence-electron chi connectivity index (χ4n) is 2.63. The maximum absolute atomic E-state index is 13.5. The summed E-state index contributed by atoms with van der Waals surface area (Å²) in [5.41, 5.74) is 2.93. The molecule has 146 valence electrons. The molecule has 0 aliphatic heterocycles. The molecule has 1 aromatic rings. The predicted octanol–water partition coefficient (Wildman–Crippen LogP) is 5.78. The van der Waals surface area contributed by atoms with E-state index in [1.54, 1.807) is 0 Å². The summed E-state index contributed by atoms with van der Waals surface area (Å²) in [5.74, 6) is 0.557. The van der Waals surface area contributed by atoms with E-state index in [-0.39, 0.29) is 17.0 Å². The lowest BCUT2D eigenvalue weighted by Crippen LogP contribution is -2.35. The zero-order valence-electron chi connectivity index (χ0n) is 18.1. The predicted molar refractivity (Wildman–Crippen MR) is 117 cm³/mol. The average molecular weight is 396 g/mol. The highest BCUT2D eigenvalue weighted by Gasteiger charge is 2.45. The lowest BCUT2D eigenvalue weighted by molar-refractivity contribution is 0.587. The van der Waals surface area contributed by atoms with E-state index in [1.165, 1.54) is 5.56 Å². The molecule has 6 heteroatoms. The second kappa shape index (κ2) is 7.93. The van der Waals surface area contributed by atoms with Crippen LogP contribution in [0.3, 0.4) is 0 Å². The van der Waals surface area contributed by atoms with E-state index in [0.29, 0.717) is 10.8 Å². The highest BCUT2D eigenvalue weighted by atomic mass is 32.2. The molecular weight excluding hydrogens is 360 g/mol. The summed E-state index contributed by atoms with van der Waals surface area (Å²) >= 11 is 0. The van der Waals surface area contributed by atoms with E-state index in [0.717, 1.165) is 11.1 Å². The molecule has 26 heavy (non-hydrogen) atoms. The Balaban J connectivity index is 3.74. The lowest BCUT2D eigenvalue weighted by atomic mass is 9.89. The van der Waals surface area contributed by atoms with Gasteiger partial charge in [-0.15, -0.1) is 4.49 Å². The Labute approximate surface area is 163 Å². The lowest BCUT2D eigenvalue weighted by Gasteiger charge is -2.33. The first-order valence-corrected chi connectivity index (χ1v) is 13.2. The van der Waals surface area contributed by atoms with E-state index in [9.17, 15) is 8.42 Å². The second-order valence-electron chi connectivity index (χ2n) is 9.33. The van der Waals surface area contributed by atoms with Crippen LogP contribution in [0, 0.1) is 0 Å². The monoisotopic (exact) mass is 396 g/mol. The summed E-state index contributed by atoms with van der Waals surface area (Å²) < 4.78 is 29.8. The molecule has 2 radical (unpaired) electrons. The number of nitrogens with one attached hydrogen (secondary N) is 1. The molecule has 0 aromatic heterocycles. The summed E-state index contributed by atoms with van der Waals surface area (Å²) in [6.45, 7) is 20.2. The van der Waals surface area contributed by atoms with Crippen LogP contribution in [-0.4, -0.2) is 27.8 Å². The van der Waals surface area contributed by atoms with Gasteiger partial charge in [-0.05, 0) is 55.2 Å². The second-order valence-corrected chi connectivity index (χ2v) is 15.0. The van der Waals surface area contributed by atoms with Crippen LogP contribution in [0.5, 0.6) is 0 Å². The summed E-state index contributed by atoms with van der Waals surface area (Å²) in [7, 11) is 0.366. The Hall–Kier alpha value is -0.375. The zero-order chi connectivity index (χ0) is 20.7. The van der Waals surface area contributed by atoms with Crippen LogP contribution >= 0.6 is 7.29 Å². The largest absolute Gasteiger partial charge is 0.387 e. The number of hydrogen-bond acceptors (Lipinski definition) is 2. The van der Waals surface area contributed by atoms with E-state index < -0.39 is 17.3 Å². The maximum Gasteiger partial charge on any atom is 0.387 e. The van der Waals surface area contributed by atoms with Crippen molar-refractivity contribution < 1.29 is 8.42 Å². The van der Waals surface area contributed by atoms with E-state index in [1.807, 2.05) is 55.1 Å². The molecule has 1 rings (SSSR count). The fourth-order valence-corrected chi connectivity index (χ4v) is 7.30. The summed E-state index contributed by atoms with van der Waals surface area (Å²) in [5, 5.41) is -0.312. The fraction of sp³-hybridized carbons (Fsp3) is 0.700. The standard InChI is InChI=1S/C20H36BNO2PS/c1-13(2)16-11-17(14(3)4)19(18(12-16)15(5)6)26(23,24)22-25(10,21)20(7,8)9/h11-15,22H,1-10H3/q+1.